The number of nitrogens with one attached hydrogen (secondary N) is 1. The molecule has 0 unspecified atom stereocenters. The molecule has 0 aliphatic carbocycles. The molecule has 1 aliphatic heterocycles. The molecule has 3 amide bonds. The average Bonchev–Trinajstić information content (AvgIpc) is 3.06. The van der Waals surface area contributed by atoms with E-state index in [0.29, 0.717) is 24.9 Å². The van der Waals surface area contributed by atoms with Crippen LogP contribution in [0.2, 0.25) is 20.1 Å². The predicted octanol–water partition coefficient (Wildman–Crippen LogP) is 6.71. The first-order chi connectivity index (χ1) is 16.5. The zero-order valence-corrected chi connectivity index (χ0v) is 23.0. The van der Waals surface area contributed by atoms with Gasteiger partial charge in [-0.1, -0.05) is 68.8 Å². The normalized spacial score (nSPS) is 12.7. The third-order valence-electron chi connectivity index (χ3n) is 5.27. The minimum atomic E-state index is -0.595. The standard InChI is InChI=1S/C23H19BrCl4N2O5/c1-11-9-12(24)6-7-13(11)29-14(31)10-35-15(32)5-3-2-4-8-30-22(33)16-17(23(30)34)19(26)21(28)20(27)18(16)25/h6-7,9H,2-5,8,10H2,1H3,(H,29,31). The number of benzene rings is 2. The number of aryl methyl sites for hydroxylation is 1. The number of fused-ring (bicyclic) bond motifs is 1. The van der Waals surface area contributed by atoms with Crippen LogP contribution in [0.3, 0.4) is 0 Å². The molecule has 0 spiro atoms. The van der Waals surface area contributed by atoms with E-state index in [2.05, 4.69) is 21.2 Å². The fourth-order valence-corrected chi connectivity index (χ4v) is 4.98. The number of halogens is 5. The summed E-state index contributed by atoms with van der Waals surface area (Å²) in [6.07, 6.45) is 1.53. The Bertz CT molecular complexity index is 1170. The highest BCUT2D eigenvalue weighted by atomic mass is 79.9. The van der Waals surface area contributed by atoms with E-state index in [-0.39, 0.29) is 44.2 Å². The number of rotatable bonds is 9. The van der Waals surface area contributed by atoms with Crippen molar-refractivity contribution in [2.24, 2.45) is 0 Å². The Kier molecular flexibility index (Phi) is 9.46. The molecule has 2 aromatic rings. The lowest BCUT2D eigenvalue weighted by Gasteiger charge is -2.13. The Balaban J connectivity index is 1.40. The number of hydrogen-bond donors (Lipinski definition) is 1. The summed E-state index contributed by atoms with van der Waals surface area (Å²) in [5.41, 5.74) is 1.38. The van der Waals surface area contributed by atoms with Crippen molar-refractivity contribution in [2.75, 3.05) is 18.5 Å². The summed E-state index contributed by atoms with van der Waals surface area (Å²) < 4.78 is 5.90. The number of hydrogen-bond acceptors (Lipinski definition) is 5. The highest BCUT2D eigenvalue weighted by Gasteiger charge is 2.41. The van der Waals surface area contributed by atoms with Gasteiger partial charge in [-0.25, -0.2) is 0 Å². The summed E-state index contributed by atoms with van der Waals surface area (Å²) in [4.78, 5) is 50.3. The molecule has 186 valence electrons. The summed E-state index contributed by atoms with van der Waals surface area (Å²) in [7, 11) is 0. The van der Waals surface area contributed by atoms with Crippen LogP contribution in [0.4, 0.5) is 5.69 Å². The summed E-state index contributed by atoms with van der Waals surface area (Å²) in [5.74, 6) is -2.15. The largest absolute Gasteiger partial charge is 0.456 e. The smallest absolute Gasteiger partial charge is 0.306 e. The fourth-order valence-electron chi connectivity index (χ4n) is 3.49. The number of nitrogens with zero attached hydrogens (tertiary/aromatic N) is 1. The fraction of sp³-hybridized carbons (Fsp3) is 0.304. The average molecular weight is 625 g/mol. The van der Waals surface area contributed by atoms with Gasteiger partial charge in [0.1, 0.15) is 0 Å². The van der Waals surface area contributed by atoms with E-state index < -0.39 is 30.3 Å². The Labute approximate surface area is 230 Å². The molecule has 0 bridgehead atoms. The van der Waals surface area contributed by atoms with Gasteiger partial charge in [0, 0.05) is 23.1 Å². The van der Waals surface area contributed by atoms with Gasteiger partial charge in [-0.05, 0) is 43.5 Å². The maximum atomic E-state index is 12.7. The molecule has 0 radical (unpaired) electrons. The van der Waals surface area contributed by atoms with Crippen LogP contribution in [0.25, 0.3) is 0 Å². The van der Waals surface area contributed by atoms with E-state index >= 15 is 0 Å². The van der Waals surface area contributed by atoms with Crippen molar-refractivity contribution in [1.82, 2.24) is 4.90 Å². The Hall–Kier alpha value is -1.84. The first-order valence-corrected chi connectivity index (χ1v) is 12.8. The molecule has 3 rings (SSSR count). The second-order valence-corrected chi connectivity index (χ2v) is 10.2. The van der Waals surface area contributed by atoms with Gasteiger partial charge in [0.05, 0.1) is 31.2 Å². The summed E-state index contributed by atoms with van der Waals surface area (Å²) in [6, 6.07) is 5.40. The van der Waals surface area contributed by atoms with Crippen LogP contribution in [0.1, 0.15) is 52.0 Å². The van der Waals surface area contributed by atoms with Gasteiger partial charge in [0.25, 0.3) is 17.7 Å². The number of unbranched alkanes of at least 4 members (excludes halogenated alkanes) is 2. The predicted molar refractivity (Wildman–Crippen MR) is 139 cm³/mol. The Morgan fingerprint density at radius 1 is 0.943 bits per heavy atom. The Morgan fingerprint density at radius 3 is 2.11 bits per heavy atom. The van der Waals surface area contributed by atoms with Crippen molar-refractivity contribution in [3.63, 3.8) is 0 Å². The Morgan fingerprint density at radius 2 is 1.54 bits per heavy atom. The van der Waals surface area contributed by atoms with E-state index in [1.807, 2.05) is 13.0 Å². The van der Waals surface area contributed by atoms with Crippen molar-refractivity contribution < 1.29 is 23.9 Å². The second kappa shape index (κ2) is 11.9. The van der Waals surface area contributed by atoms with Crippen molar-refractivity contribution in [1.29, 1.82) is 0 Å². The molecule has 0 saturated heterocycles. The van der Waals surface area contributed by atoms with Crippen LogP contribution >= 0.6 is 62.3 Å². The molecule has 0 saturated carbocycles. The highest BCUT2D eigenvalue weighted by molar-refractivity contribution is 9.10. The summed E-state index contributed by atoms with van der Waals surface area (Å²) in [5, 5.41) is 2.30. The molecule has 0 aromatic heterocycles. The molecule has 2 aromatic carbocycles. The third-order valence-corrected chi connectivity index (χ3v) is 7.57. The zero-order valence-electron chi connectivity index (χ0n) is 18.4. The molecule has 0 fully saturated rings. The first kappa shape index (κ1) is 27.7. The number of carbonyl (C=O) groups is 4. The highest BCUT2D eigenvalue weighted by Crippen LogP contribution is 2.44. The van der Waals surface area contributed by atoms with E-state index in [0.717, 1.165) is 14.9 Å². The first-order valence-electron chi connectivity index (χ1n) is 10.5. The van der Waals surface area contributed by atoms with Crippen LogP contribution in [0.15, 0.2) is 22.7 Å². The van der Waals surface area contributed by atoms with E-state index in [4.69, 9.17) is 51.1 Å². The number of imide groups is 1. The number of anilines is 1. The SMILES string of the molecule is Cc1cc(Br)ccc1NC(=O)COC(=O)CCCCCN1C(=O)c2c(Cl)c(Cl)c(Cl)c(Cl)c2C1=O. The van der Waals surface area contributed by atoms with Crippen LogP contribution in [0, 0.1) is 6.92 Å². The van der Waals surface area contributed by atoms with Gasteiger partial charge >= 0.3 is 5.97 Å². The molecule has 1 aliphatic rings. The van der Waals surface area contributed by atoms with Crippen molar-refractivity contribution >= 4 is 91.7 Å². The number of carbonyl (C=O) groups excluding carboxylic acids is 4. The van der Waals surface area contributed by atoms with Gasteiger partial charge < -0.3 is 10.1 Å². The number of ether oxygens (including phenoxy) is 1. The molecular formula is C23H19BrCl4N2O5. The lowest BCUT2D eigenvalue weighted by atomic mass is 10.1. The van der Waals surface area contributed by atoms with Crippen LogP contribution in [-0.2, 0) is 14.3 Å². The lowest BCUT2D eigenvalue weighted by Crippen LogP contribution is -2.30. The van der Waals surface area contributed by atoms with E-state index in [1.165, 1.54) is 0 Å². The van der Waals surface area contributed by atoms with Gasteiger partial charge in [0.2, 0.25) is 0 Å². The topological polar surface area (TPSA) is 92.8 Å². The molecule has 1 N–H and O–H groups in total. The van der Waals surface area contributed by atoms with Gasteiger partial charge in [-0.15, -0.1) is 0 Å². The second-order valence-electron chi connectivity index (χ2n) is 7.75. The van der Waals surface area contributed by atoms with Crippen molar-refractivity contribution in [2.45, 2.75) is 32.6 Å². The van der Waals surface area contributed by atoms with Crippen LogP contribution in [0.5, 0.6) is 0 Å². The maximum Gasteiger partial charge on any atom is 0.306 e. The molecular weight excluding hydrogens is 606 g/mol. The summed E-state index contributed by atoms with van der Waals surface area (Å²) in [6.45, 7) is 1.57. The van der Waals surface area contributed by atoms with Crippen molar-refractivity contribution in [3.05, 3.63) is 59.5 Å². The molecule has 35 heavy (non-hydrogen) atoms. The van der Waals surface area contributed by atoms with Crippen LogP contribution in [-0.4, -0.2) is 41.7 Å². The van der Waals surface area contributed by atoms with Crippen LogP contribution < -0.4 is 5.32 Å². The molecule has 0 atom stereocenters. The molecule has 7 nitrogen and oxygen atoms in total. The maximum absolute atomic E-state index is 12.7. The number of amides is 3. The van der Waals surface area contributed by atoms with Crippen molar-refractivity contribution in [3.8, 4) is 0 Å². The number of esters is 1. The molecule has 1 heterocycles. The monoisotopic (exact) mass is 622 g/mol. The quantitative estimate of drug-likeness (QED) is 0.110. The minimum absolute atomic E-state index is 0.0590. The van der Waals surface area contributed by atoms with E-state index in [9.17, 15) is 19.2 Å². The van der Waals surface area contributed by atoms with E-state index in [1.54, 1.807) is 12.1 Å². The third kappa shape index (κ3) is 6.30. The minimum Gasteiger partial charge on any atom is -0.456 e. The van der Waals surface area contributed by atoms with Gasteiger partial charge in [-0.3, -0.25) is 24.1 Å². The summed E-state index contributed by atoms with van der Waals surface area (Å²) >= 11 is 27.6. The van der Waals surface area contributed by atoms with Gasteiger partial charge in [0.15, 0.2) is 6.61 Å². The zero-order chi connectivity index (χ0) is 25.9. The van der Waals surface area contributed by atoms with Gasteiger partial charge in [-0.2, -0.15) is 0 Å². The molecule has 12 heteroatoms. The lowest BCUT2D eigenvalue weighted by molar-refractivity contribution is -0.147.